The molecule has 0 aromatic carbocycles. The lowest BCUT2D eigenvalue weighted by atomic mass is 10.0. The number of aromatic nitrogens is 3. The minimum Gasteiger partial charge on any atom is -0.379 e. The van der Waals surface area contributed by atoms with Crippen molar-refractivity contribution in [2.75, 3.05) is 39.4 Å². The van der Waals surface area contributed by atoms with E-state index in [1.54, 1.807) is 17.1 Å². The lowest BCUT2D eigenvalue weighted by molar-refractivity contribution is -0.130. The van der Waals surface area contributed by atoms with Crippen molar-refractivity contribution in [2.45, 2.75) is 25.9 Å². The summed E-state index contributed by atoms with van der Waals surface area (Å²) in [7, 11) is 0. The normalized spacial score (nSPS) is 27.2. The fourth-order valence-corrected chi connectivity index (χ4v) is 3.26. The Labute approximate surface area is 124 Å². The zero-order valence-corrected chi connectivity index (χ0v) is 12.5. The Bertz CT molecular complexity index is 458. The molecular formula is C14H23N5O2. The second-order valence-electron chi connectivity index (χ2n) is 5.91. The quantitative estimate of drug-likeness (QED) is 0.772. The number of aryl methyl sites for hydroxylation is 1. The maximum Gasteiger partial charge on any atom is 0.224 e. The van der Waals surface area contributed by atoms with Gasteiger partial charge in [-0.25, -0.2) is 0 Å². The fraction of sp³-hybridized carbons (Fsp3) is 0.786. The average molecular weight is 293 g/mol. The molecule has 0 aliphatic carbocycles. The first-order chi connectivity index (χ1) is 10.2. The zero-order chi connectivity index (χ0) is 14.7. The van der Waals surface area contributed by atoms with Crippen LogP contribution in [0.2, 0.25) is 0 Å². The van der Waals surface area contributed by atoms with Crippen molar-refractivity contribution in [3.63, 3.8) is 0 Å². The Balaban J connectivity index is 1.51. The van der Waals surface area contributed by atoms with Crippen LogP contribution in [0.5, 0.6) is 0 Å². The molecule has 116 valence electrons. The largest absolute Gasteiger partial charge is 0.379 e. The van der Waals surface area contributed by atoms with Gasteiger partial charge in [-0.2, -0.15) is 0 Å². The number of likely N-dealkylation sites (tertiary alicyclic amines) is 1. The van der Waals surface area contributed by atoms with Crippen LogP contribution in [-0.2, 0) is 16.1 Å². The molecule has 0 unspecified atom stereocenters. The lowest BCUT2D eigenvalue weighted by Crippen LogP contribution is -2.47. The maximum atomic E-state index is 12.3. The molecular weight excluding hydrogens is 270 g/mol. The Hall–Kier alpha value is -1.47. The van der Waals surface area contributed by atoms with Crippen molar-refractivity contribution in [3.05, 3.63) is 12.4 Å². The van der Waals surface area contributed by atoms with Crippen LogP contribution < -0.4 is 0 Å². The van der Waals surface area contributed by atoms with Gasteiger partial charge in [0, 0.05) is 44.8 Å². The summed E-state index contributed by atoms with van der Waals surface area (Å²) in [6, 6.07) is 0.476. The molecule has 21 heavy (non-hydrogen) atoms. The van der Waals surface area contributed by atoms with E-state index in [2.05, 4.69) is 22.1 Å². The average Bonchev–Trinajstić information content (AvgIpc) is 3.15. The SMILES string of the molecule is C[C@H]1CN(C(=O)CCn2ccnn2)C[C@@H]1N1CCOCC1. The van der Waals surface area contributed by atoms with E-state index in [4.69, 9.17) is 4.74 Å². The molecule has 3 rings (SSSR count). The van der Waals surface area contributed by atoms with Gasteiger partial charge in [-0.1, -0.05) is 12.1 Å². The third-order valence-electron chi connectivity index (χ3n) is 4.47. The highest BCUT2D eigenvalue weighted by atomic mass is 16.5. The van der Waals surface area contributed by atoms with Gasteiger partial charge in [0.2, 0.25) is 5.91 Å². The topological polar surface area (TPSA) is 63.5 Å². The van der Waals surface area contributed by atoms with Gasteiger partial charge in [-0.15, -0.1) is 5.10 Å². The minimum atomic E-state index is 0.216. The first-order valence-corrected chi connectivity index (χ1v) is 7.67. The van der Waals surface area contributed by atoms with Crippen LogP contribution in [-0.4, -0.2) is 76.1 Å². The molecule has 2 aliphatic rings. The number of rotatable bonds is 4. The van der Waals surface area contributed by atoms with E-state index in [0.717, 1.165) is 39.4 Å². The smallest absolute Gasteiger partial charge is 0.224 e. The molecule has 2 saturated heterocycles. The van der Waals surface area contributed by atoms with Crippen molar-refractivity contribution >= 4 is 5.91 Å². The highest BCUT2D eigenvalue weighted by Crippen LogP contribution is 2.23. The van der Waals surface area contributed by atoms with Crippen molar-refractivity contribution in [1.82, 2.24) is 24.8 Å². The van der Waals surface area contributed by atoms with Gasteiger partial charge < -0.3 is 9.64 Å². The summed E-state index contributed by atoms with van der Waals surface area (Å²) < 4.78 is 7.12. The highest BCUT2D eigenvalue weighted by molar-refractivity contribution is 5.76. The number of nitrogens with zero attached hydrogens (tertiary/aromatic N) is 5. The zero-order valence-electron chi connectivity index (χ0n) is 12.5. The van der Waals surface area contributed by atoms with Crippen molar-refractivity contribution in [3.8, 4) is 0 Å². The third kappa shape index (κ3) is 3.41. The van der Waals surface area contributed by atoms with E-state index in [1.165, 1.54) is 0 Å². The van der Waals surface area contributed by atoms with Crippen LogP contribution in [0.4, 0.5) is 0 Å². The second-order valence-corrected chi connectivity index (χ2v) is 5.91. The number of hydrogen-bond donors (Lipinski definition) is 0. The molecule has 0 spiro atoms. The second kappa shape index (κ2) is 6.53. The van der Waals surface area contributed by atoms with Crippen molar-refractivity contribution in [1.29, 1.82) is 0 Å². The van der Waals surface area contributed by atoms with Gasteiger partial charge in [-0.05, 0) is 5.92 Å². The molecule has 3 heterocycles. The van der Waals surface area contributed by atoms with Crippen LogP contribution in [0.25, 0.3) is 0 Å². The van der Waals surface area contributed by atoms with Gasteiger partial charge in [0.15, 0.2) is 0 Å². The summed E-state index contributed by atoms with van der Waals surface area (Å²) in [4.78, 5) is 16.8. The van der Waals surface area contributed by atoms with Gasteiger partial charge in [0.1, 0.15) is 0 Å². The summed E-state index contributed by atoms with van der Waals surface area (Å²) in [6.07, 6.45) is 3.92. The molecule has 2 fully saturated rings. The molecule has 0 radical (unpaired) electrons. The van der Waals surface area contributed by atoms with Crippen LogP contribution in [0.3, 0.4) is 0 Å². The molecule has 0 saturated carbocycles. The summed E-state index contributed by atoms with van der Waals surface area (Å²) in [5, 5.41) is 7.64. The Kier molecular flexibility index (Phi) is 4.50. The number of carbonyl (C=O) groups excluding carboxylic acids is 1. The number of ether oxygens (including phenoxy) is 1. The van der Waals surface area contributed by atoms with E-state index in [1.807, 2.05) is 4.90 Å². The number of hydrogen-bond acceptors (Lipinski definition) is 5. The lowest BCUT2D eigenvalue weighted by Gasteiger charge is -2.34. The number of amides is 1. The number of carbonyl (C=O) groups is 1. The standard InChI is InChI=1S/C14H23N5O2/c1-12-10-18(11-13(12)17-6-8-21-9-7-17)14(20)2-4-19-5-3-15-16-19/h3,5,12-13H,2,4,6-11H2,1H3/t12-,13-/m0/s1. The van der Waals surface area contributed by atoms with Gasteiger partial charge in [0.25, 0.3) is 0 Å². The first-order valence-electron chi connectivity index (χ1n) is 7.67. The molecule has 7 nitrogen and oxygen atoms in total. The van der Waals surface area contributed by atoms with Gasteiger partial charge >= 0.3 is 0 Å². The number of morpholine rings is 1. The predicted octanol–water partition coefficient (Wildman–Crippen LogP) is -0.153. The van der Waals surface area contributed by atoms with Crippen molar-refractivity contribution in [2.24, 2.45) is 5.92 Å². The van der Waals surface area contributed by atoms with Crippen LogP contribution in [0.15, 0.2) is 12.4 Å². The molecule has 1 aromatic rings. The first kappa shape index (κ1) is 14.5. The van der Waals surface area contributed by atoms with E-state index in [-0.39, 0.29) is 5.91 Å². The Morgan fingerprint density at radius 2 is 2.14 bits per heavy atom. The van der Waals surface area contributed by atoms with E-state index < -0.39 is 0 Å². The van der Waals surface area contributed by atoms with E-state index in [9.17, 15) is 4.79 Å². The summed E-state index contributed by atoms with van der Waals surface area (Å²) in [5.74, 6) is 0.742. The van der Waals surface area contributed by atoms with E-state index >= 15 is 0 Å². The van der Waals surface area contributed by atoms with Gasteiger partial charge in [-0.3, -0.25) is 14.4 Å². The molecule has 1 aromatic heterocycles. The van der Waals surface area contributed by atoms with Crippen LogP contribution in [0, 0.1) is 5.92 Å². The fourth-order valence-electron chi connectivity index (χ4n) is 3.26. The van der Waals surface area contributed by atoms with Crippen LogP contribution >= 0.6 is 0 Å². The van der Waals surface area contributed by atoms with E-state index in [0.29, 0.717) is 24.9 Å². The molecule has 7 heteroatoms. The highest BCUT2D eigenvalue weighted by Gasteiger charge is 2.36. The summed E-state index contributed by atoms with van der Waals surface area (Å²) in [6.45, 7) is 8.13. The monoisotopic (exact) mass is 293 g/mol. The summed E-state index contributed by atoms with van der Waals surface area (Å²) in [5.41, 5.74) is 0. The molecule has 1 amide bonds. The van der Waals surface area contributed by atoms with Gasteiger partial charge in [0.05, 0.1) is 26.0 Å². The Morgan fingerprint density at radius 3 is 2.86 bits per heavy atom. The van der Waals surface area contributed by atoms with Crippen LogP contribution in [0.1, 0.15) is 13.3 Å². The predicted molar refractivity (Wildman–Crippen MR) is 76.6 cm³/mol. The minimum absolute atomic E-state index is 0.216. The third-order valence-corrected chi connectivity index (χ3v) is 4.47. The van der Waals surface area contributed by atoms with Crippen molar-refractivity contribution < 1.29 is 9.53 Å². The maximum absolute atomic E-state index is 12.3. The molecule has 2 atom stereocenters. The summed E-state index contributed by atoms with van der Waals surface area (Å²) >= 11 is 0. The molecule has 0 bridgehead atoms. The Morgan fingerprint density at radius 1 is 1.33 bits per heavy atom. The molecule has 2 aliphatic heterocycles. The molecule has 0 N–H and O–H groups in total.